The van der Waals surface area contributed by atoms with Crippen LogP contribution < -0.4 is 5.32 Å². The van der Waals surface area contributed by atoms with Gasteiger partial charge in [-0.25, -0.2) is 0 Å². The quantitative estimate of drug-likeness (QED) is 0.663. The molecule has 160 valence electrons. The van der Waals surface area contributed by atoms with Gasteiger partial charge in [0.1, 0.15) is 6.04 Å². The average Bonchev–Trinajstić information content (AvgIpc) is 3.43. The number of aryl methyl sites for hydroxylation is 1. The zero-order chi connectivity index (χ0) is 22.0. The van der Waals surface area contributed by atoms with Crippen molar-refractivity contribution in [2.75, 3.05) is 11.9 Å². The van der Waals surface area contributed by atoms with Crippen molar-refractivity contribution in [3.63, 3.8) is 0 Å². The van der Waals surface area contributed by atoms with Crippen LogP contribution in [0.4, 0.5) is 5.69 Å². The van der Waals surface area contributed by atoms with E-state index in [1.807, 2.05) is 24.3 Å². The van der Waals surface area contributed by atoms with E-state index in [1.165, 1.54) is 5.56 Å². The topological polar surface area (TPSA) is 88.3 Å². The number of carbonyl (C=O) groups excluding carboxylic acids is 2. The first kappa shape index (κ1) is 20.8. The van der Waals surface area contributed by atoms with E-state index in [-0.39, 0.29) is 11.8 Å². The lowest BCUT2D eigenvalue weighted by Gasteiger charge is -2.24. The minimum Gasteiger partial charge on any atom is -0.339 e. The van der Waals surface area contributed by atoms with Gasteiger partial charge in [0.15, 0.2) is 0 Å². The van der Waals surface area contributed by atoms with Crippen LogP contribution in [0.25, 0.3) is 11.4 Å². The molecule has 1 unspecified atom stereocenters. The molecule has 1 aliphatic heterocycles. The van der Waals surface area contributed by atoms with Crippen molar-refractivity contribution in [2.24, 2.45) is 0 Å². The van der Waals surface area contributed by atoms with Crippen molar-refractivity contribution in [3.8, 4) is 11.4 Å². The van der Waals surface area contributed by atoms with E-state index in [0.717, 1.165) is 17.7 Å². The Bertz CT molecular complexity index is 1070. The zero-order valence-corrected chi connectivity index (χ0v) is 18.0. The van der Waals surface area contributed by atoms with E-state index in [1.54, 1.807) is 36.1 Å². The van der Waals surface area contributed by atoms with Crippen molar-refractivity contribution in [3.05, 3.63) is 65.5 Å². The lowest BCUT2D eigenvalue weighted by atomic mass is 10.0. The van der Waals surface area contributed by atoms with E-state index in [2.05, 4.69) is 29.3 Å². The summed E-state index contributed by atoms with van der Waals surface area (Å²) in [7, 11) is 0. The second-order valence-corrected chi connectivity index (χ2v) is 8.14. The Balaban J connectivity index is 1.44. The molecule has 1 atom stereocenters. The molecule has 7 heteroatoms. The number of anilines is 1. The third-order valence-electron chi connectivity index (χ3n) is 5.58. The molecule has 0 bridgehead atoms. The van der Waals surface area contributed by atoms with Gasteiger partial charge in [0, 0.05) is 30.3 Å². The maximum Gasteiger partial charge on any atom is 0.254 e. The molecule has 3 aromatic rings. The molecule has 2 amide bonds. The van der Waals surface area contributed by atoms with E-state index in [0.29, 0.717) is 36.2 Å². The Kier molecular flexibility index (Phi) is 5.84. The molecule has 31 heavy (non-hydrogen) atoms. The van der Waals surface area contributed by atoms with E-state index in [9.17, 15) is 9.59 Å². The average molecular weight is 418 g/mol. The molecular formula is C24H26N4O3. The number of hydrogen-bond acceptors (Lipinski definition) is 5. The summed E-state index contributed by atoms with van der Waals surface area (Å²) in [6.45, 7) is 6.55. The smallest absolute Gasteiger partial charge is 0.254 e. The summed E-state index contributed by atoms with van der Waals surface area (Å²) in [5.41, 5.74) is 3.27. The highest BCUT2D eigenvalue weighted by molar-refractivity contribution is 6.01. The van der Waals surface area contributed by atoms with Gasteiger partial charge in [0.2, 0.25) is 17.6 Å². The maximum absolute atomic E-state index is 13.1. The third kappa shape index (κ3) is 4.50. The summed E-state index contributed by atoms with van der Waals surface area (Å²) in [6, 6.07) is 14.4. The Morgan fingerprint density at radius 1 is 1.10 bits per heavy atom. The summed E-state index contributed by atoms with van der Waals surface area (Å²) in [6.07, 6.45) is 1.46. The molecule has 0 saturated carbocycles. The molecule has 1 aliphatic rings. The Morgan fingerprint density at radius 3 is 2.42 bits per heavy atom. The van der Waals surface area contributed by atoms with Crippen molar-refractivity contribution >= 4 is 17.5 Å². The van der Waals surface area contributed by atoms with Gasteiger partial charge in [0.05, 0.1) is 0 Å². The lowest BCUT2D eigenvalue weighted by Crippen LogP contribution is -2.43. The van der Waals surface area contributed by atoms with Crippen LogP contribution in [-0.2, 0) is 4.79 Å². The number of amides is 2. The highest BCUT2D eigenvalue weighted by Gasteiger charge is 2.34. The van der Waals surface area contributed by atoms with Crippen LogP contribution in [0.3, 0.4) is 0 Å². The fourth-order valence-corrected chi connectivity index (χ4v) is 3.80. The number of rotatable bonds is 5. The molecular weight excluding hydrogens is 392 g/mol. The molecule has 2 aromatic carbocycles. The van der Waals surface area contributed by atoms with Crippen molar-refractivity contribution < 1.29 is 14.1 Å². The molecule has 0 aliphatic carbocycles. The van der Waals surface area contributed by atoms with Gasteiger partial charge in [-0.2, -0.15) is 4.98 Å². The monoisotopic (exact) mass is 418 g/mol. The van der Waals surface area contributed by atoms with Crippen LogP contribution in [0.5, 0.6) is 0 Å². The largest absolute Gasteiger partial charge is 0.339 e. The van der Waals surface area contributed by atoms with Gasteiger partial charge in [-0.1, -0.05) is 43.3 Å². The Morgan fingerprint density at radius 2 is 1.81 bits per heavy atom. The first-order valence-electron chi connectivity index (χ1n) is 10.5. The lowest BCUT2D eigenvalue weighted by molar-refractivity contribution is -0.119. The molecule has 1 fully saturated rings. The fraction of sp³-hybridized carbons (Fsp3) is 0.333. The molecule has 7 nitrogen and oxygen atoms in total. The number of nitrogens with one attached hydrogen (secondary N) is 1. The number of aromatic nitrogens is 2. The van der Waals surface area contributed by atoms with Gasteiger partial charge >= 0.3 is 0 Å². The molecule has 1 N–H and O–H groups in total. The summed E-state index contributed by atoms with van der Waals surface area (Å²) in [4.78, 5) is 31.8. The minimum atomic E-state index is -0.475. The summed E-state index contributed by atoms with van der Waals surface area (Å²) in [5, 5.41) is 6.85. The molecule has 2 heterocycles. The van der Waals surface area contributed by atoms with E-state index >= 15 is 0 Å². The van der Waals surface area contributed by atoms with E-state index < -0.39 is 6.04 Å². The molecule has 0 radical (unpaired) electrons. The van der Waals surface area contributed by atoms with Crippen LogP contribution in [0.2, 0.25) is 0 Å². The number of likely N-dealkylation sites (tertiary alicyclic amines) is 1. The molecule has 1 aromatic heterocycles. The first-order valence-corrected chi connectivity index (χ1v) is 10.5. The normalized spacial score (nSPS) is 16.0. The number of carbonyl (C=O) groups is 2. The third-order valence-corrected chi connectivity index (χ3v) is 5.58. The Labute approximate surface area is 181 Å². The fourth-order valence-electron chi connectivity index (χ4n) is 3.80. The highest BCUT2D eigenvalue weighted by atomic mass is 16.5. The summed E-state index contributed by atoms with van der Waals surface area (Å²) < 4.78 is 5.00. The van der Waals surface area contributed by atoms with Gasteiger partial charge in [-0.15, -0.1) is 0 Å². The second kappa shape index (κ2) is 8.71. The maximum atomic E-state index is 13.1. The SMILES string of the molecule is Cc1nc(-c2ccc(C(=O)N3CCCC3C(=O)Nc3ccc(C(C)C)cc3)cc2)no1. The minimum absolute atomic E-state index is 0.149. The molecule has 1 saturated heterocycles. The predicted octanol–water partition coefficient (Wildman–Crippen LogP) is 4.41. The van der Waals surface area contributed by atoms with Gasteiger partial charge in [0.25, 0.3) is 5.91 Å². The van der Waals surface area contributed by atoms with Gasteiger partial charge in [-0.3, -0.25) is 9.59 Å². The van der Waals surface area contributed by atoms with Crippen molar-refractivity contribution in [2.45, 2.75) is 45.6 Å². The number of benzene rings is 2. The summed E-state index contributed by atoms with van der Waals surface area (Å²) >= 11 is 0. The van der Waals surface area contributed by atoms with Gasteiger partial charge in [-0.05, 0) is 48.6 Å². The van der Waals surface area contributed by atoms with Crippen LogP contribution in [0, 0.1) is 6.92 Å². The Hall–Kier alpha value is -3.48. The van der Waals surface area contributed by atoms with Crippen LogP contribution in [-0.4, -0.2) is 39.4 Å². The highest BCUT2D eigenvalue weighted by Crippen LogP contribution is 2.24. The second-order valence-electron chi connectivity index (χ2n) is 8.14. The van der Waals surface area contributed by atoms with Gasteiger partial charge < -0.3 is 14.7 Å². The molecule has 4 rings (SSSR count). The van der Waals surface area contributed by atoms with Crippen LogP contribution in [0.15, 0.2) is 53.1 Å². The predicted molar refractivity (Wildman–Crippen MR) is 118 cm³/mol. The number of nitrogens with zero attached hydrogens (tertiary/aromatic N) is 3. The van der Waals surface area contributed by atoms with Crippen LogP contribution >= 0.6 is 0 Å². The zero-order valence-electron chi connectivity index (χ0n) is 18.0. The van der Waals surface area contributed by atoms with E-state index in [4.69, 9.17) is 4.52 Å². The molecule has 0 spiro atoms. The standard InChI is InChI=1S/C24H26N4O3/c1-15(2)17-10-12-20(13-11-17)26-23(29)21-5-4-14-28(21)24(30)19-8-6-18(7-9-19)22-25-16(3)31-27-22/h6-13,15,21H,4-5,14H2,1-3H3,(H,26,29). The first-order chi connectivity index (χ1) is 14.9. The van der Waals surface area contributed by atoms with Crippen molar-refractivity contribution in [1.82, 2.24) is 15.0 Å². The number of hydrogen-bond donors (Lipinski definition) is 1. The van der Waals surface area contributed by atoms with Crippen LogP contribution in [0.1, 0.15) is 54.4 Å². The van der Waals surface area contributed by atoms with Crippen molar-refractivity contribution in [1.29, 1.82) is 0 Å². The summed E-state index contributed by atoms with van der Waals surface area (Å²) in [5.74, 6) is 1.10.